The lowest BCUT2D eigenvalue weighted by molar-refractivity contribution is -0.120. The highest BCUT2D eigenvalue weighted by atomic mass is 16.1. The van der Waals surface area contributed by atoms with Crippen molar-refractivity contribution in [3.8, 4) is 0 Å². The van der Waals surface area contributed by atoms with Crippen molar-refractivity contribution in [1.82, 2.24) is 10.6 Å². The summed E-state index contributed by atoms with van der Waals surface area (Å²) in [7, 11) is 0. The Hall–Kier alpha value is -0.570. The molecule has 0 aromatic rings. The van der Waals surface area contributed by atoms with E-state index in [1.165, 1.54) is 12.8 Å². The summed E-state index contributed by atoms with van der Waals surface area (Å²) >= 11 is 0. The van der Waals surface area contributed by atoms with Gasteiger partial charge in [0.25, 0.3) is 0 Å². The first-order valence-electron chi connectivity index (χ1n) is 6.15. The fourth-order valence-electron chi connectivity index (χ4n) is 1.94. The molecule has 1 aliphatic carbocycles. The summed E-state index contributed by atoms with van der Waals surface area (Å²) in [5.74, 6) is 1.56. The molecular formula is C12H24N2O. The molecule has 1 fully saturated rings. The van der Waals surface area contributed by atoms with Crippen molar-refractivity contribution in [3.05, 3.63) is 0 Å². The van der Waals surface area contributed by atoms with Crippen LogP contribution in [-0.4, -0.2) is 25.0 Å². The largest absolute Gasteiger partial charge is 0.355 e. The minimum atomic E-state index is 0.128. The van der Waals surface area contributed by atoms with Crippen LogP contribution in [0.25, 0.3) is 0 Å². The maximum atomic E-state index is 11.4. The number of rotatable bonds is 7. The molecule has 1 amide bonds. The lowest BCUT2D eigenvalue weighted by Gasteiger charge is -2.21. The van der Waals surface area contributed by atoms with Gasteiger partial charge >= 0.3 is 0 Å². The first kappa shape index (κ1) is 12.5. The van der Waals surface area contributed by atoms with Crippen LogP contribution in [0.2, 0.25) is 0 Å². The van der Waals surface area contributed by atoms with Gasteiger partial charge in [-0.2, -0.15) is 0 Å². The molecule has 2 N–H and O–H groups in total. The number of carbonyl (C=O) groups excluding carboxylic acids is 1. The SMILES string of the molecule is CCCNC(=O)CNC(C(C)C)C1CC1. The number of hydrogen-bond acceptors (Lipinski definition) is 2. The Labute approximate surface area is 93.0 Å². The van der Waals surface area contributed by atoms with Crippen molar-refractivity contribution >= 4 is 5.91 Å². The van der Waals surface area contributed by atoms with Gasteiger partial charge in [0.2, 0.25) is 5.91 Å². The molecule has 1 rings (SSSR count). The third-order valence-electron chi connectivity index (χ3n) is 2.92. The van der Waals surface area contributed by atoms with Crippen LogP contribution in [0, 0.1) is 11.8 Å². The molecule has 1 unspecified atom stereocenters. The summed E-state index contributed by atoms with van der Waals surface area (Å²) in [6, 6.07) is 0.525. The third kappa shape index (κ3) is 4.65. The molecule has 0 saturated heterocycles. The van der Waals surface area contributed by atoms with Gasteiger partial charge in [0.15, 0.2) is 0 Å². The summed E-state index contributed by atoms with van der Waals surface area (Å²) in [5.41, 5.74) is 0. The zero-order valence-corrected chi connectivity index (χ0v) is 10.2. The maximum absolute atomic E-state index is 11.4. The van der Waals surface area contributed by atoms with Gasteiger partial charge in [-0.1, -0.05) is 20.8 Å². The van der Waals surface area contributed by atoms with E-state index in [1.54, 1.807) is 0 Å². The second kappa shape index (κ2) is 6.11. The van der Waals surface area contributed by atoms with Crippen molar-refractivity contribution in [3.63, 3.8) is 0 Å². The number of hydrogen-bond donors (Lipinski definition) is 2. The Morgan fingerprint density at radius 1 is 1.40 bits per heavy atom. The van der Waals surface area contributed by atoms with E-state index in [0.717, 1.165) is 18.9 Å². The monoisotopic (exact) mass is 212 g/mol. The lowest BCUT2D eigenvalue weighted by atomic mass is 10.00. The molecule has 0 bridgehead atoms. The third-order valence-corrected chi connectivity index (χ3v) is 2.92. The van der Waals surface area contributed by atoms with E-state index < -0.39 is 0 Å². The smallest absolute Gasteiger partial charge is 0.233 e. The van der Waals surface area contributed by atoms with Crippen LogP contribution in [-0.2, 0) is 4.79 Å². The van der Waals surface area contributed by atoms with Gasteiger partial charge in [-0.25, -0.2) is 0 Å². The number of nitrogens with one attached hydrogen (secondary N) is 2. The Morgan fingerprint density at radius 2 is 2.07 bits per heavy atom. The molecule has 0 aromatic carbocycles. The van der Waals surface area contributed by atoms with Crippen LogP contribution < -0.4 is 10.6 Å². The van der Waals surface area contributed by atoms with Gasteiger partial charge in [0.1, 0.15) is 0 Å². The average Bonchev–Trinajstić information content (AvgIpc) is 2.98. The highest BCUT2D eigenvalue weighted by Gasteiger charge is 2.32. The van der Waals surface area contributed by atoms with Gasteiger partial charge in [-0.15, -0.1) is 0 Å². The Morgan fingerprint density at radius 3 is 2.53 bits per heavy atom. The molecule has 0 spiro atoms. The van der Waals surface area contributed by atoms with Crippen LogP contribution in [0.5, 0.6) is 0 Å². The van der Waals surface area contributed by atoms with Crippen molar-refractivity contribution in [2.24, 2.45) is 11.8 Å². The standard InChI is InChI=1S/C12H24N2O/c1-4-7-13-11(15)8-14-12(9(2)3)10-5-6-10/h9-10,12,14H,4-8H2,1-3H3,(H,13,15). The van der Waals surface area contributed by atoms with E-state index in [9.17, 15) is 4.79 Å². The van der Waals surface area contributed by atoms with Crippen LogP contribution in [0.15, 0.2) is 0 Å². The van der Waals surface area contributed by atoms with E-state index in [0.29, 0.717) is 18.5 Å². The first-order chi connectivity index (χ1) is 7.15. The molecule has 0 heterocycles. The van der Waals surface area contributed by atoms with Crippen molar-refractivity contribution in [2.75, 3.05) is 13.1 Å². The van der Waals surface area contributed by atoms with E-state index in [1.807, 2.05) is 0 Å². The number of carbonyl (C=O) groups is 1. The minimum Gasteiger partial charge on any atom is -0.355 e. The first-order valence-corrected chi connectivity index (χ1v) is 6.15. The minimum absolute atomic E-state index is 0.128. The van der Waals surface area contributed by atoms with Crippen LogP contribution in [0.3, 0.4) is 0 Å². The quantitative estimate of drug-likeness (QED) is 0.672. The summed E-state index contributed by atoms with van der Waals surface area (Å²) in [5, 5.41) is 6.26. The van der Waals surface area contributed by atoms with Gasteiger partial charge in [-0.05, 0) is 31.1 Å². The molecule has 1 aliphatic rings. The topological polar surface area (TPSA) is 41.1 Å². The number of amides is 1. The summed E-state index contributed by atoms with van der Waals surface area (Å²) in [4.78, 5) is 11.4. The average molecular weight is 212 g/mol. The van der Waals surface area contributed by atoms with E-state index in [-0.39, 0.29) is 5.91 Å². The van der Waals surface area contributed by atoms with Gasteiger partial charge in [-0.3, -0.25) is 4.79 Å². The molecule has 0 aliphatic heterocycles. The molecule has 0 radical (unpaired) electrons. The molecule has 88 valence electrons. The predicted octanol–water partition coefficient (Wildman–Crippen LogP) is 1.54. The molecule has 3 nitrogen and oxygen atoms in total. The maximum Gasteiger partial charge on any atom is 0.233 e. The Kier molecular flexibility index (Phi) is 5.09. The van der Waals surface area contributed by atoms with E-state index in [4.69, 9.17) is 0 Å². The van der Waals surface area contributed by atoms with Crippen LogP contribution in [0.1, 0.15) is 40.0 Å². The second-order valence-electron chi connectivity index (χ2n) is 4.84. The second-order valence-corrected chi connectivity index (χ2v) is 4.84. The predicted molar refractivity (Wildman–Crippen MR) is 62.7 cm³/mol. The van der Waals surface area contributed by atoms with Gasteiger partial charge in [0, 0.05) is 12.6 Å². The summed E-state index contributed by atoms with van der Waals surface area (Å²) in [6.45, 7) is 7.77. The molecule has 3 heteroatoms. The molecule has 15 heavy (non-hydrogen) atoms. The van der Waals surface area contributed by atoms with Gasteiger partial charge < -0.3 is 10.6 Å². The fraction of sp³-hybridized carbons (Fsp3) is 0.917. The zero-order valence-electron chi connectivity index (χ0n) is 10.2. The highest BCUT2D eigenvalue weighted by molar-refractivity contribution is 5.77. The van der Waals surface area contributed by atoms with Crippen LogP contribution >= 0.6 is 0 Å². The highest BCUT2D eigenvalue weighted by Crippen LogP contribution is 2.35. The van der Waals surface area contributed by atoms with Crippen molar-refractivity contribution in [1.29, 1.82) is 0 Å². The summed E-state index contributed by atoms with van der Waals surface area (Å²) in [6.07, 6.45) is 3.65. The zero-order chi connectivity index (χ0) is 11.3. The molecular weight excluding hydrogens is 188 g/mol. The summed E-state index contributed by atoms with van der Waals surface area (Å²) < 4.78 is 0. The molecule has 1 saturated carbocycles. The lowest BCUT2D eigenvalue weighted by Crippen LogP contribution is -2.42. The van der Waals surface area contributed by atoms with Crippen molar-refractivity contribution in [2.45, 2.75) is 46.1 Å². The normalized spacial score (nSPS) is 17.9. The van der Waals surface area contributed by atoms with Crippen molar-refractivity contribution < 1.29 is 4.79 Å². The molecule has 1 atom stereocenters. The van der Waals surface area contributed by atoms with E-state index in [2.05, 4.69) is 31.4 Å². The van der Waals surface area contributed by atoms with Gasteiger partial charge in [0.05, 0.1) is 6.54 Å². The Bertz CT molecular complexity index is 198. The Balaban J connectivity index is 2.18. The van der Waals surface area contributed by atoms with E-state index >= 15 is 0 Å². The fourth-order valence-corrected chi connectivity index (χ4v) is 1.94. The van der Waals surface area contributed by atoms with Crippen LogP contribution in [0.4, 0.5) is 0 Å². The molecule has 0 aromatic heterocycles.